The van der Waals surface area contributed by atoms with Gasteiger partial charge in [0.2, 0.25) is 5.91 Å². The number of anilines is 2. The molecule has 0 unspecified atom stereocenters. The minimum Gasteiger partial charge on any atom is -0.494 e. The number of carbonyl (C=O) groups excluding carboxylic acids is 1. The van der Waals surface area contributed by atoms with Crippen molar-refractivity contribution < 1.29 is 17.9 Å². The van der Waals surface area contributed by atoms with Crippen molar-refractivity contribution in [3.63, 3.8) is 0 Å². The summed E-state index contributed by atoms with van der Waals surface area (Å²) in [5.74, 6) is 0.195. The molecule has 0 fully saturated rings. The average molecular weight is 425 g/mol. The lowest BCUT2D eigenvalue weighted by Crippen LogP contribution is -2.38. The number of aryl methyl sites for hydroxylation is 1. The van der Waals surface area contributed by atoms with E-state index in [1.54, 1.807) is 48.5 Å². The number of nitrogens with zero attached hydrogens (tertiary/aromatic N) is 1. The number of rotatable bonds is 8. The van der Waals surface area contributed by atoms with Gasteiger partial charge in [-0.25, -0.2) is 8.42 Å². The van der Waals surface area contributed by atoms with Crippen LogP contribution in [0.15, 0.2) is 83.8 Å². The van der Waals surface area contributed by atoms with Crippen molar-refractivity contribution in [2.75, 3.05) is 22.8 Å². The summed E-state index contributed by atoms with van der Waals surface area (Å²) in [6, 6.07) is 22.0. The number of benzene rings is 3. The van der Waals surface area contributed by atoms with Gasteiger partial charge in [0.1, 0.15) is 12.3 Å². The summed E-state index contributed by atoms with van der Waals surface area (Å²) in [6.07, 6.45) is 0. The number of hydrogen-bond donors (Lipinski definition) is 1. The Morgan fingerprint density at radius 3 is 2.20 bits per heavy atom. The second kappa shape index (κ2) is 9.45. The van der Waals surface area contributed by atoms with Crippen molar-refractivity contribution in [3.05, 3.63) is 84.4 Å². The third-order valence-corrected chi connectivity index (χ3v) is 6.26. The molecule has 3 aromatic carbocycles. The minimum atomic E-state index is -3.95. The van der Waals surface area contributed by atoms with E-state index in [-0.39, 0.29) is 11.4 Å². The second-order valence-electron chi connectivity index (χ2n) is 6.61. The molecule has 0 aliphatic carbocycles. The van der Waals surface area contributed by atoms with E-state index in [1.165, 1.54) is 12.1 Å². The monoisotopic (exact) mass is 424 g/mol. The Labute approximate surface area is 177 Å². The standard InChI is InChI=1S/C23H24N2O4S/c1-3-29-20-15-13-19(14-16-20)25(30(27,28)21-10-5-4-6-11-21)17-23(26)24-22-12-8-7-9-18(22)2/h4-16H,3,17H2,1-2H3,(H,24,26). The Hall–Kier alpha value is -3.32. The SMILES string of the molecule is CCOc1ccc(N(CC(=O)Nc2ccccc2C)S(=O)(=O)c2ccccc2)cc1. The summed E-state index contributed by atoms with van der Waals surface area (Å²) in [6.45, 7) is 3.89. The lowest BCUT2D eigenvalue weighted by Gasteiger charge is -2.24. The van der Waals surface area contributed by atoms with Gasteiger partial charge in [-0.2, -0.15) is 0 Å². The first-order valence-corrected chi connectivity index (χ1v) is 11.0. The van der Waals surface area contributed by atoms with Crippen molar-refractivity contribution in [1.29, 1.82) is 0 Å². The molecule has 3 aromatic rings. The molecule has 1 amide bonds. The number of amides is 1. The fraction of sp³-hybridized carbons (Fsp3) is 0.174. The van der Waals surface area contributed by atoms with Gasteiger partial charge < -0.3 is 10.1 Å². The molecule has 0 bridgehead atoms. The summed E-state index contributed by atoms with van der Waals surface area (Å²) in [7, 11) is -3.95. The molecule has 0 spiro atoms. The van der Waals surface area contributed by atoms with Crippen LogP contribution in [-0.2, 0) is 14.8 Å². The summed E-state index contributed by atoms with van der Waals surface area (Å²) in [5, 5.41) is 2.80. The van der Waals surface area contributed by atoms with Crippen LogP contribution >= 0.6 is 0 Å². The number of para-hydroxylation sites is 1. The topological polar surface area (TPSA) is 75.7 Å². The van der Waals surface area contributed by atoms with E-state index in [9.17, 15) is 13.2 Å². The first-order valence-electron chi connectivity index (χ1n) is 9.58. The van der Waals surface area contributed by atoms with E-state index < -0.39 is 15.9 Å². The molecule has 0 atom stereocenters. The molecule has 1 N–H and O–H groups in total. The molecule has 30 heavy (non-hydrogen) atoms. The minimum absolute atomic E-state index is 0.113. The van der Waals surface area contributed by atoms with E-state index in [0.29, 0.717) is 23.7 Å². The van der Waals surface area contributed by atoms with Crippen molar-refractivity contribution >= 4 is 27.3 Å². The summed E-state index contributed by atoms with van der Waals surface area (Å²) in [4.78, 5) is 12.9. The second-order valence-corrected chi connectivity index (χ2v) is 8.48. The number of ether oxygens (including phenoxy) is 1. The molecule has 0 aliphatic rings. The molecule has 0 saturated heterocycles. The van der Waals surface area contributed by atoms with Gasteiger partial charge >= 0.3 is 0 Å². The van der Waals surface area contributed by atoms with Gasteiger partial charge in [0.15, 0.2) is 0 Å². The molecule has 0 radical (unpaired) electrons. The van der Waals surface area contributed by atoms with Crippen LogP contribution in [-0.4, -0.2) is 27.5 Å². The van der Waals surface area contributed by atoms with Crippen LogP contribution in [0.2, 0.25) is 0 Å². The van der Waals surface area contributed by atoms with E-state index in [1.807, 2.05) is 32.0 Å². The Morgan fingerprint density at radius 2 is 1.57 bits per heavy atom. The molecule has 0 heterocycles. The van der Waals surface area contributed by atoms with E-state index in [0.717, 1.165) is 9.87 Å². The average Bonchev–Trinajstić information content (AvgIpc) is 2.75. The van der Waals surface area contributed by atoms with Gasteiger partial charge in [0.25, 0.3) is 10.0 Å². The maximum absolute atomic E-state index is 13.3. The van der Waals surface area contributed by atoms with Crippen LogP contribution in [0.25, 0.3) is 0 Å². The van der Waals surface area contributed by atoms with Gasteiger partial charge in [-0.15, -0.1) is 0 Å². The van der Waals surface area contributed by atoms with Crippen molar-refractivity contribution in [2.45, 2.75) is 18.7 Å². The van der Waals surface area contributed by atoms with Crippen LogP contribution < -0.4 is 14.4 Å². The molecule has 0 aliphatic heterocycles. The van der Waals surface area contributed by atoms with Gasteiger partial charge in [-0.1, -0.05) is 36.4 Å². The Kier molecular flexibility index (Phi) is 6.74. The molecular formula is C23H24N2O4S. The highest BCUT2D eigenvalue weighted by atomic mass is 32.2. The van der Waals surface area contributed by atoms with Crippen LogP contribution in [0, 0.1) is 6.92 Å². The molecule has 156 valence electrons. The van der Waals surface area contributed by atoms with Crippen LogP contribution in [0.4, 0.5) is 11.4 Å². The van der Waals surface area contributed by atoms with Crippen LogP contribution in [0.3, 0.4) is 0 Å². The number of sulfonamides is 1. The zero-order valence-electron chi connectivity index (χ0n) is 16.9. The lowest BCUT2D eigenvalue weighted by atomic mass is 10.2. The predicted molar refractivity (Wildman–Crippen MR) is 118 cm³/mol. The Balaban J connectivity index is 1.93. The maximum Gasteiger partial charge on any atom is 0.264 e. The summed E-state index contributed by atoms with van der Waals surface area (Å²) < 4.78 is 33.2. The van der Waals surface area contributed by atoms with E-state index in [2.05, 4.69) is 5.32 Å². The highest BCUT2D eigenvalue weighted by Gasteiger charge is 2.27. The van der Waals surface area contributed by atoms with Crippen LogP contribution in [0.5, 0.6) is 5.75 Å². The summed E-state index contributed by atoms with van der Waals surface area (Å²) in [5.41, 5.74) is 1.91. The number of nitrogens with one attached hydrogen (secondary N) is 1. The fourth-order valence-corrected chi connectivity index (χ4v) is 4.39. The highest BCUT2D eigenvalue weighted by molar-refractivity contribution is 7.92. The Morgan fingerprint density at radius 1 is 0.933 bits per heavy atom. The van der Waals surface area contributed by atoms with Gasteiger partial charge in [-0.05, 0) is 61.9 Å². The lowest BCUT2D eigenvalue weighted by molar-refractivity contribution is -0.114. The molecule has 7 heteroatoms. The van der Waals surface area contributed by atoms with Crippen molar-refractivity contribution in [2.24, 2.45) is 0 Å². The van der Waals surface area contributed by atoms with Gasteiger partial charge in [0, 0.05) is 5.69 Å². The first kappa shape index (κ1) is 21.4. The zero-order valence-corrected chi connectivity index (χ0v) is 17.7. The third-order valence-electron chi connectivity index (χ3n) is 4.47. The maximum atomic E-state index is 13.3. The molecule has 3 rings (SSSR count). The quantitative estimate of drug-likeness (QED) is 0.587. The number of hydrogen-bond acceptors (Lipinski definition) is 4. The first-order chi connectivity index (χ1) is 14.4. The molecule has 0 aromatic heterocycles. The largest absolute Gasteiger partial charge is 0.494 e. The van der Waals surface area contributed by atoms with Crippen LogP contribution in [0.1, 0.15) is 12.5 Å². The normalized spacial score (nSPS) is 11.0. The smallest absolute Gasteiger partial charge is 0.264 e. The number of carbonyl (C=O) groups is 1. The predicted octanol–water partition coefficient (Wildman–Crippen LogP) is 4.23. The highest BCUT2D eigenvalue weighted by Crippen LogP contribution is 2.26. The fourth-order valence-electron chi connectivity index (χ4n) is 2.94. The third kappa shape index (κ3) is 4.99. The molecule has 0 saturated carbocycles. The molecule has 6 nitrogen and oxygen atoms in total. The van der Waals surface area contributed by atoms with Gasteiger partial charge in [-0.3, -0.25) is 9.10 Å². The summed E-state index contributed by atoms with van der Waals surface area (Å²) >= 11 is 0. The van der Waals surface area contributed by atoms with Gasteiger partial charge in [0.05, 0.1) is 17.2 Å². The zero-order chi connectivity index (χ0) is 21.6. The van der Waals surface area contributed by atoms with E-state index >= 15 is 0 Å². The van der Waals surface area contributed by atoms with E-state index in [4.69, 9.17) is 4.74 Å². The van der Waals surface area contributed by atoms with Crippen molar-refractivity contribution in [1.82, 2.24) is 0 Å². The molecular weight excluding hydrogens is 400 g/mol. The van der Waals surface area contributed by atoms with Crippen molar-refractivity contribution in [3.8, 4) is 5.75 Å². The Bertz CT molecular complexity index is 1100.